The van der Waals surface area contributed by atoms with Gasteiger partial charge < -0.3 is 20.3 Å². The molecule has 0 radical (unpaired) electrons. The lowest BCUT2D eigenvalue weighted by molar-refractivity contribution is -0.113. The van der Waals surface area contributed by atoms with Gasteiger partial charge in [-0.3, -0.25) is 4.79 Å². The topological polar surface area (TPSA) is 92.3 Å². The second kappa shape index (κ2) is 10.0. The number of anilines is 4. The molecular formula is C21H22N6O2S. The number of benzene rings is 2. The van der Waals surface area contributed by atoms with E-state index in [-0.39, 0.29) is 11.7 Å². The average molecular weight is 423 g/mol. The summed E-state index contributed by atoms with van der Waals surface area (Å²) in [6.45, 7) is 2.70. The molecular weight excluding hydrogens is 400 g/mol. The van der Waals surface area contributed by atoms with E-state index in [9.17, 15) is 4.79 Å². The number of morpholine rings is 1. The highest BCUT2D eigenvalue weighted by Crippen LogP contribution is 2.22. The SMILES string of the molecule is O=C(CSc1nc(Nc2ccccc2)nc(N2CCOCC2)n1)Nc1ccccc1. The van der Waals surface area contributed by atoms with Crippen LogP contribution in [0.3, 0.4) is 0 Å². The summed E-state index contributed by atoms with van der Waals surface area (Å²) in [6, 6.07) is 19.1. The molecule has 1 fully saturated rings. The largest absolute Gasteiger partial charge is 0.378 e. The molecule has 154 valence electrons. The number of amides is 1. The van der Waals surface area contributed by atoms with Crippen LogP contribution in [-0.2, 0) is 9.53 Å². The predicted molar refractivity (Wildman–Crippen MR) is 118 cm³/mol. The first-order valence-corrected chi connectivity index (χ1v) is 10.6. The number of ether oxygens (including phenoxy) is 1. The number of carbonyl (C=O) groups excluding carboxylic acids is 1. The van der Waals surface area contributed by atoms with Crippen LogP contribution in [0.2, 0.25) is 0 Å². The van der Waals surface area contributed by atoms with Crippen LogP contribution in [0.25, 0.3) is 0 Å². The zero-order valence-corrected chi connectivity index (χ0v) is 17.1. The Bertz CT molecular complexity index is 968. The van der Waals surface area contributed by atoms with E-state index in [1.54, 1.807) is 0 Å². The van der Waals surface area contributed by atoms with E-state index in [0.29, 0.717) is 43.4 Å². The van der Waals surface area contributed by atoms with Gasteiger partial charge in [-0.2, -0.15) is 15.0 Å². The number of aromatic nitrogens is 3. The molecule has 1 aliphatic heterocycles. The monoisotopic (exact) mass is 422 g/mol. The molecule has 3 aromatic rings. The molecule has 2 heterocycles. The van der Waals surface area contributed by atoms with Crippen molar-refractivity contribution < 1.29 is 9.53 Å². The molecule has 1 amide bonds. The van der Waals surface area contributed by atoms with E-state index in [2.05, 4.69) is 30.5 Å². The first kappa shape index (κ1) is 20.1. The minimum atomic E-state index is -0.114. The van der Waals surface area contributed by atoms with Crippen LogP contribution < -0.4 is 15.5 Å². The normalized spacial score (nSPS) is 13.7. The van der Waals surface area contributed by atoms with Gasteiger partial charge in [-0.15, -0.1) is 0 Å². The van der Waals surface area contributed by atoms with Gasteiger partial charge in [0.05, 0.1) is 19.0 Å². The fourth-order valence-electron chi connectivity index (χ4n) is 2.87. The molecule has 0 spiro atoms. The molecule has 0 unspecified atom stereocenters. The Labute approximate surface area is 179 Å². The van der Waals surface area contributed by atoms with Gasteiger partial charge in [-0.25, -0.2) is 0 Å². The third kappa shape index (κ3) is 5.68. The Hall–Kier alpha value is -3.17. The highest BCUT2D eigenvalue weighted by molar-refractivity contribution is 7.99. The number of hydrogen-bond acceptors (Lipinski definition) is 8. The average Bonchev–Trinajstić information content (AvgIpc) is 2.79. The molecule has 1 saturated heterocycles. The first-order chi connectivity index (χ1) is 14.8. The number of thioether (sulfide) groups is 1. The second-order valence-corrected chi connectivity index (χ2v) is 7.48. The van der Waals surface area contributed by atoms with Crippen molar-refractivity contribution in [2.75, 3.05) is 47.6 Å². The van der Waals surface area contributed by atoms with Gasteiger partial charge in [0.1, 0.15) is 0 Å². The van der Waals surface area contributed by atoms with Crippen LogP contribution in [0.1, 0.15) is 0 Å². The summed E-state index contributed by atoms with van der Waals surface area (Å²) in [5, 5.41) is 6.58. The van der Waals surface area contributed by atoms with Crippen LogP contribution >= 0.6 is 11.8 Å². The standard InChI is InChI=1S/C21H22N6O2S/c28-18(22-16-7-3-1-4-8-16)15-30-21-25-19(23-17-9-5-2-6-10-17)24-20(26-21)27-11-13-29-14-12-27/h1-10H,11-15H2,(H,22,28)(H,23,24,25,26). The summed E-state index contributed by atoms with van der Waals surface area (Å²) in [7, 11) is 0. The number of rotatable bonds is 7. The van der Waals surface area contributed by atoms with Gasteiger partial charge in [0, 0.05) is 24.5 Å². The predicted octanol–water partition coefficient (Wildman–Crippen LogP) is 3.18. The van der Waals surface area contributed by atoms with Crippen LogP contribution in [-0.4, -0.2) is 52.9 Å². The van der Waals surface area contributed by atoms with Gasteiger partial charge in [-0.05, 0) is 24.3 Å². The molecule has 4 rings (SSSR count). The molecule has 30 heavy (non-hydrogen) atoms. The minimum absolute atomic E-state index is 0.114. The fourth-order valence-corrected chi connectivity index (χ4v) is 3.50. The van der Waals surface area contributed by atoms with Gasteiger partial charge in [-0.1, -0.05) is 48.2 Å². The van der Waals surface area contributed by atoms with Crippen LogP contribution in [0, 0.1) is 0 Å². The molecule has 1 aromatic heterocycles. The third-order valence-corrected chi connectivity index (χ3v) is 5.16. The maximum absolute atomic E-state index is 12.3. The van der Waals surface area contributed by atoms with E-state index in [1.165, 1.54) is 11.8 Å². The first-order valence-electron chi connectivity index (χ1n) is 9.65. The van der Waals surface area contributed by atoms with E-state index in [0.717, 1.165) is 11.4 Å². The van der Waals surface area contributed by atoms with Gasteiger partial charge in [0.15, 0.2) is 5.16 Å². The van der Waals surface area contributed by atoms with Crippen LogP contribution in [0.4, 0.5) is 23.3 Å². The quantitative estimate of drug-likeness (QED) is 0.561. The van der Waals surface area contributed by atoms with Gasteiger partial charge >= 0.3 is 0 Å². The van der Waals surface area contributed by atoms with E-state index < -0.39 is 0 Å². The highest BCUT2D eigenvalue weighted by Gasteiger charge is 2.17. The Kier molecular flexibility index (Phi) is 6.73. The maximum Gasteiger partial charge on any atom is 0.234 e. The summed E-state index contributed by atoms with van der Waals surface area (Å²) in [4.78, 5) is 28.0. The molecule has 8 nitrogen and oxygen atoms in total. The van der Waals surface area contributed by atoms with Crippen molar-refractivity contribution in [2.24, 2.45) is 0 Å². The van der Waals surface area contributed by atoms with Gasteiger partial charge in [0.2, 0.25) is 17.8 Å². The van der Waals surface area contributed by atoms with Crippen LogP contribution in [0.5, 0.6) is 0 Å². The van der Waals surface area contributed by atoms with Gasteiger partial charge in [0.25, 0.3) is 0 Å². The number of carbonyl (C=O) groups is 1. The molecule has 0 bridgehead atoms. The number of nitrogens with zero attached hydrogens (tertiary/aromatic N) is 4. The summed E-state index contributed by atoms with van der Waals surface area (Å²) in [5.41, 5.74) is 1.65. The van der Waals surface area contributed by atoms with Crippen LogP contribution in [0.15, 0.2) is 65.8 Å². The van der Waals surface area contributed by atoms with Crippen molar-refractivity contribution >= 4 is 40.9 Å². The summed E-state index contributed by atoms with van der Waals surface area (Å²) in [5.74, 6) is 1.12. The Morgan fingerprint density at radius 2 is 1.60 bits per heavy atom. The molecule has 2 aromatic carbocycles. The zero-order chi connectivity index (χ0) is 20.6. The number of nitrogens with one attached hydrogen (secondary N) is 2. The lowest BCUT2D eigenvalue weighted by atomic mass is 10.3. The van der Waals surface area contributed by atoms with E-state index >= 15 is 0 Å². The smallest absolute Gasteiger partial charge is 0.234 e. The summed E-state index contributed by atoms with van der Waals surface area (Å²) < 4.78 is 5.43. The van der Waals surface area contributed by atoms with E-state index in [4.69, 9.17) is 4.74 Å². The lowest BCUT2D eigenvalue weighted by Gasteiger charge is -2.27. The third-order valence-electron chi connectivity index (χ3n) is 4.32. The summed E-state index contributed by atoms with van der Waals surface area (Å²) >= 11 is 1.28. The maximum atomic E-state index is 12.3. The Morgan fingerprint density at radius 3 is 2.30 bits per heavy atom. The molecule has 2 N–H and O–H groups in total. The Morgan fingerprint density at radius 1 is 0.933 bits per heavy atom. The van der Waals surface area contributed by atoms with Crippen molar-refractivity contribution in [1.82, 2.24) is 15.0 Å². The molecule has 0 aliphatic carbocycles. The van der Waals surface area contributed by atoms with Crippen molar-refractivity contribution in [2.45, 2.75) is 5.16 Å². The van der Waals surface area contributed by atoms with Crippen molar-refractivity contribution in [3.8, 4) is 0 Å². The lowest BCUT2D eigenvalue weighted by Crippen LogP contribution is -2.37. The summed E-state index contributed by atoms with van der Waals surface area (Å²) in [6.07, 6.45) is 0. The highest BCUT2D eigenvalue weighted by atomic mass is 32.2. The fraction of sp³-hybridized carbons (Fsp3) is 0.238. The zero-order valence-electron chi connectivity index (χ0n) is 16.3. The molecule has 9 heteroatoms. The molecule has 1 aliphatic rings. The second-order valence-electron chi connectivity index (χ2n) is 6.53. The van der Waals surface area contributed by atoms with Crippen molar-refractivity contribution in [1.29, 1.82) is 0 Å². The molecule has 0 saturated carbocycles. The molecule has 0 atom stereocenters. The minimum Gasteiger partial charge on any atom is -0.378 e. The number of hydrogen-bond donors (Lipinski definition) is 2. The van der Waals surface area contributed by atoms with Crippen molar-refractivity contribution in [3.05, 3.63) is 60.7 Å². The van der Waals surface area contributed by atoms with Crippen molar-refractivity contribution in [3.63, 3.8) is 0 Å². The Balaban J connectivity index is 1.48. The van der Waals surface area contributed by atoms with E-state index in [1.807, 2.05) is 60.7 Å². The number of para-hydroxylation sites is 2.